The summed E-state index contributed by atoms with van der Waals surface area (Å²) < 4.78 is 0. The molecule has 1 aliphatic carbocycles. The number of thiazole rings is 1. The van der Waals surface area contributed by atoms with Gasteiger partial charge in [0.25, 0.3) is 0 Å². The summed E-state index contributed by atoms with van der Waals surface area (Å²) >= 11 is 1.84. The maximum absolute atomic E-state index is 4.81. The molecule has 1 heterocycles. The van der Waals surface area contributed by atoms with Gasteiger partial charge in [-0.3, -0.25) is 0 Å². The first kappa shape index (κ1) is 15.0. The second-order valence-corrected chi connectivity index (χ2v) is 7.63. The van der Waals surface area contributed by atoms with Crippen LogP contribution in [0.3, 0.4) is 0 Å². The van der Waals surface area contributed by atoms with Gasteiger partial charge < -0.3 is 5.32 Å². The van der Waals surface area contributed by atoms with E-state index in [-0.39, 0.29) is 5.54 Å². The summed E-state index contributed by atoms with van der Waals surface area (Å²) in [4.78, 5) is 4.81. The van der Waals surface area contributed by atoms with E-state index in [1.54, 1.807) is 0 Å². The van der Waals surface area contributed by atoms with E-state index in [0.29, 0.717) is 6.04 Å². The molecule has 2 atom stereocenters. The van der Waals surface area contributed by atoms with Crippen molar-refractivity contribution < 1.29 is 0 Å². The van der Waals surface area contributed by atoms with Crippen LogP contribution in [0.15, 0.2) is 5.38 Å². The smallest absolute Gasteiger partial charge is 0.113 e. The number of nitrogens with one attached hydrogen (secondary N) is 1. The lowest BCUT2D eigenvalue weighted by molar-refractivity contribution is 0.138. The summed E-state index contributed by atoms with van der Waals surface area (Å²) in [6.45, 7) is 11.3. The van der Waals surface area contributed by atoms with Crippen molar-refractivity contribution in [2.45, 2.75) is 71.9 Å². The molecule has 3 heteroatoms. The van der Waals surface area contributed by atoms with Gasteiger partial charge in [-0.15, -0.1) is 11.3 Å². The Morgan fingerprint density at radius 2 is 2.11 bits per heavy atom. The lowest BCUT2D eigenvalue weighted by Gasteiger charge is -2.43. The molecule has 1 fully saturated rings. The van der Waals surface area contributed by atoms with Crippen molar-refractivity contribution in [2.75, 3.05) is 0 Å². The van der Waals surface area contributed by atoms with E-state index in [2.05, 4.69) is 45.3 Å². The molecule has 1 aliphatic rings. The first-order chi connectivity index (χ1) is 8.93. The molecule has 1 N–H and O–H groups in total. The number of hydrogen-bond donors (Lipinski definition) is 1. The number of hydrogen-bond acceptors (Lipinski definition) is 3. The fourth-order valence-electron chi connectivity index (χ4n) is 3.40. The van der Waals surface area contributed by atoms with Crippen molar-refractivity contribution in [3.05, 3.63) is 16.1 Å². The highest BCUT2D eigenvalue weighted by molar-refractivity contribution is 7.09. The largest absolute Gasteiger partial charge is 0.303 e. The zero-order valence-corrected chi connectivity index (χ0v) is 13.8. The summed E-state index contributed by atoms with van der Waals surface area (Å²) in [7, 11) is 0. The van der Waals surface area contributed by atoms with E-state index in [0.717, 1.165) is 17.5 Å². The van der Waals surface area contributed by atoms with Gasteiger partial charge in [-0.2, -0.15) is 0 Å². The monoisotopic (exact) mass is 280 g/mol. The third kappa shape index (κ3) is 3.38. The normalized spacial score (nSPS) is 28.3. The van der Waals surface area contributed by atoms with Crippen LogP contribution in [-0.4, -0.2) is 11.0 Å². The zero-order valence-electron chi connectivity index (χ0n) is 13.0. The minimum Gasteiger partial charge on any atom is -0.303 e. The number of aromatic nitrogens is 1. The highest BCUT2D eigenvalue weighted by Gasteiger charge is 2.41. The molecule has 108 valence electrons. The van der Waals surface area contributed by atoms with Crippen LogP contribution in [0, 0.1) is 18.8 Å². The molecule has 1 aromatic heterocycles. The maximum atomic E-state index is 4.81. The standard InChI is InChI=1S/C16H28N2S/c1-11(2)14-7-6-8-16(9-14,18-12(3)4)15-17-13(5)10-19-15/h10-12,14,18H,6-9H2,1-5H3. The highest BCUT2D eigenvalue weighted by Crippen LogP contribution is 2.43. The quantitative estimate of drug-likeness (QED) is 0.879. The van der Waals surface area contributed by atoms with Gasteiger partial charge >= 0.3 is 0 Å². The second kappa shape index (κ2) is 5.92. The topological polar surface area (TPSA) is 24.9 Å². The van der Waals surface area contributed by atoms with E-state index < -0.39 is 0 Å². The van der Waals surface area contributed by atoms with Crippen molar-refractivity contribution in [2.24, 2.45) is 11.8 Å². The second-order valence-electron chi connectivity index (χ2n) is 6.78. The SMILES string of the molecule is Cc1csc(C2(NC(C)C)CCCC(C(C)C)C2)n1. The van der Waals surface area contributed by atoms with Gasteiger partial charge in [-0.1, -0.05) is 26.7 Å². The van der Waals surface area contributed by atoms with Crippen LogP contribution in [0.25, 0.3) is 0 Å². The van der Waals surface area contributed by atoms with Gasteiger partial charge in [0.05, 0.1) is 5.54 Å². The minimum absolute atomic E-state index is 0.125. The predicted molar refractivity (Wildman–Crippen MR) is 83.6 cm³/mol. The highest BCUT2D eigenvalue weighted by atomic mass is 32.1. The number of nitrogens with zero attached hydrogens (tertiary/aromatic N) is 1. The van der Waals surface area contributed by atoms with Crippen LogP contribution in [0.4, 0.5) is 0 Å². The van der Waals surface area contributed by atoms with E-state index in [1.165, 1.54) is 30.7 Å². The van der Waals surface area contributed by atoms with Gasteiger partial charge in [0.15, 0.2) is 0 Å². The average Bonchev–Trinajstić information content (AvgIpc) is 2.76. The van der Waals surface area contributed by atoms with E-state index in [4.69, 9.17) is 4.98 Å². The molecule has 0 aromatic carbocycles. The molecule has 0 radical (unpaired) electrons. The van der Waals surface area contributed by atoms with Crippen LogP contribution in [-0.2, 0) is 5.54 Å². The Labute approximate surface area is 122 Å². The van der Waals surface area contributed by atoms with Gasteiger partial charge in [-0.05, 0) is 45.4 Å². The van der Waals surface area contributed by atoms with E-state index in [9.17, 15) is 0 Å². The molecule has 2 unspecified atom stereocenters. The molecule has 1 saturated carbocycles. The molecule has 2 rings (SSSR count). The van der Waals surface area contributed by atoms with E-state index >= 15 is 0 Å². The summed E-state index contributed by atoms with van der Waals surface area (Å²) in [5.41, 5.74) is 1.29. The van der Waals surface area contributed by atoms with Crippen molar-refractivity contribution in [1.29, 1.82) is 0 Å². The number of rotatable bonds is 4. The Balaban J connectivity index is 2.29. The minimum atomic E-state index is 0.125. The molecule has 1 aromatic rings. The lowest BCUT2D eigenvalue weighted by atomic mass is 9.71. The van der Waals surface area contributed by atoms with Crippen LogP contribution >= 0.6 is 11.3 Å². The van der Waals surface area contributed by atoms with Crippen molar-refractivity contribution in [3.63, 3.8) is 0 Å². The van der Waals surface area contributed by atoms with Crippen LogP contribution < -0.4 is 5.32 Å². The van der Waals surface area contributed by atoms with Crippen LogP contribution in [0.2, 0.25) is 0 Å². The summed E-state index contributed by atoms with van der Waals surface area (Å²) in [6, 6.07) is 0.509. The summed E-state index contributed by atoms with van der Waals surface area (Å²) in [5, 5.41) is 7.36. The zero-order chi connectivity index (χ0) is 14.0. The van der Waals surface area contributed by atoms with Crippen molar-refractivity contribution in [3.8, 4) is 0 Å². The van der Waals surface area contributed by atoms with Crippen molar-refractivity contribution in [1.82, 2.24) is 10.3 Å². The fourth-order valence-corrected chi connectivity index (χ4v) is 4.40. The van der Waals surface area contributed by atoms with Gasteiger partial charge in [0.2, 0.25) is 0 Å². The van der Waals surface area contributed by atoms with E-state index in [1.807, 2.05) is 11.3 Å². The lowest BCUT2D eigenvalue weighted by Crippen LogP contribution is -2.49. The van der Waals surface area contributed by atoms with Crippen molar-refractivity contribution >= 4 is 11.3 Å². The third-order valence-corrected chi connectivity index (χ3v) is 5.49. The molecule has 0 bridgehead atoms. The Kier molecular flexibility index (Phi) is 4.67. The molecule has 0 saturated heterocycles. The first-order valence-corrected chi connectivity index (χ1v) is 8.51. The Morgan fingerprint density at radius 1 is 1.37 bits per heavy atom. The Bertz CT molecular complexity index is 411. The van der Waals surface area contributed by atoms with Crippen LogP contribution in [0.1, 0.15) is 64.1 Å². The summed E-state index contributed by atoms with van der Waals surface area (Å²) in [5.74, 6) is 1.60. The third-order valence-electron chi connectivity index (χ3n) is 4.33. The molecular formula is C16H28N2S. The molecular weight excluding hydrogens is 252 g/mol. The fraction of sp³-hybridized carbons (Fsp3) is 0.812. The van der Waals surface area contributed by atoms with Gasteiger partial charge in [0, 0.05) is 17.1 Å². The molecule has 0 aliphatic heterocycles. The van der Waals surface area contributed by atoms with Crippen LogP contribution in [0.5, 0.6) is 0 Å². The Morgan fingerprint density at radius 3 is 2.63 bits per heavy atom. The number of aryl methyl sites for hydroxylation is 1. The molecule has 0 amide bonds. The van der Waals surface area contributed by atoms with Gasteiger partial charge in [0.1, 0.15) is 5.01 Å². The molecule has 2 nitrogen and oxygen atoms in total. The summed E-state index contributed by atoms with van der Waals surface area (Å²) in [6.07, 6.45) is 5.18. The average molecular weight is 280 g/mol. The molecule has 0 spiro atoms. The molecule has 19 heavy (non-hydrogen) atoms. The Hall–Kier alpha value is -0.410. The van der Waals surface area contributed by atoms with Gasteiger partial charge in [-0.25, -0.2) is 4.98 Å². The first-order valence-electron chi connectivity index (χ1n) is 7.63. The predicted octanol–water partition coefficient (Wildman–Crippen LogP) is 4.49. The maximum Gasteiger partial charge on any atom is 0.113 e.